The van der Waals surface area contributed by atoms with Crippen molar-refractivity contribution in [1.29, 1.82) is 0 Å². The van der Waals surface area contributed by atoms with Crippen molar-refractivity contribution in [3.8, 4) is 0 Å². The van der Waals surface area contributed by atoms with Crippen molar-refractivity contribution >= 4 is 46.3 Å². The van der Waals surface area contributed by atoms with Crippen LogP contribution in [0.3, 0.4) is 0 Å². The van der Waals surface area contributed by atoms with Gasteiger partial charge in [-0.3, -0.25) is 4.99 Å². The molecule has 1 unspecified atom stereocenters. The van der Waals surface area contributed by atoms with Crippen LogP contribution in [0.5, 0.6) is 0 Å². The minimum Gasteiger partial charge on any atom is -0.363 e. The van der Waals surface area contributed by atoms with E-state index in [1.54, 1.807) is 0 Å². The fourth-order valence-electron chi connectivity index (χ4n) is 4.06. The Balaban J connectivity index is 0.00000261. The van der Waals surface area contributed by atoms with Crippen LogP contribution in [-0.4, -0.2) is 62.7 Å². The van der Waals surface area contributed by atoms with E-state index >= 15 is 0 Å². The number of nitrogens with one attached hydrogen (secondary N) is 2. The van der Waals surface area contributed by atoms with Crippen LogP contribution in [0, 0.1) is 5.92 Å². The van der Waals surface area contributed by atoms with Crippen LogP contribution in [0.25, 0.3) is 0 Å². The van der Waals surface area contributed by atoms with Gasteiger partial charge in [0.2, 0.25) is 0 Å². The van der Waals surface area contributed by atoms with Crippen molar-refractivity contribution in [3.63, 3.8) is 0 Å². The van der Waals surface area contributed by atoms with Gasteiger partial charge in [-0.2, -0.15) is 0 Å². The van der Waals surface area contributed by atoms with Crippen molar-refractivity contribution < 1.29 is 0 Å². The van der Waals surface area contributed by atoms with Crippen LogP contribution in [0.2, 0.25) is 0 Å². The Morgan fingerprint density at radius 2 is 2.04 bits per heavy atom. The Morgan fingerprint density at radius 3 is 2.67 bits per heavy atom. The zero-order chi connectivity index (χ0) is 18.4. The number of aliphatic imine (C=N–C) groups is 1. The summed E-state index contributed by atoms with van der Waals surface area (Å²) >= 11 is 1.84. The van der Waals surface area contributed by atoms with E-state index < -0.39 is 0 Å². The van der Waals surface area contributed by atoms with Gasteiger partial charge in [0, 0.05) is 45.3 Å². The first-order valence-electron chi connectivity index (χ1n) is 10.2. The lowest BCUT2D eigenvalue weighted by atomic mass is 9.97. The van der Waals surface area contributed by atoms with Gasteiger partial charge < -0.3 is 20.4 Å². The third-order valence-corrected chi connectivity index (χ3v) is 6.65. The molecule has 3 heterocycles. The van der Waals surface area contributed by atoms with Crippen LogP contribution < -0.4 is 15.5 Å². The van der Waals surface area contributed by atoms with Gasteiger partial charge in [0.25, 0.3) is 0 Å². The van der Waals surface area contributed by atoms with Crippen molar-refractivity contribution in [3.05, 3.63) is 17.5 Å². The van der Waals surface area contributed by atoms with Gasteiger partial charge in [0.1, 0.15) is 0 Å². The molecule has 2 saturated heterocycles. The van der Waals surface area contributed by atoms with Gasteiger partial charge in [-0.1, -0.05) is 0 Å². The number of piperidine rings is 2. The second-order valence-corrected chi connectivity index (χ2v) is 8.83. The fraction of sp³-hybridized carbons (Fsp3) is 0.750. The highest BCUT2D eigenvalue weighted by Crippen LogP contribution is 2.24. The second kappa shape index (κ2) is 11.5. The molecule has 2 aliphatic rings. The zero-order valence-corrected chi connectivity index (χ0v) is 20.1. The quantitative estimate of drug-likeness (QED) is 0.365. The molecule has 3 rings (SSSR count). The summed E-state index contributed by atoms with van der Waals surface area (Å²) in [6.45, 7) is 10.3. The van der Waals surface area contributed by atoms with E-state index in [-0.39, 0.29) is 24.0 Å². The van der Waals surface area contributed by atoms with Crippen LogP contribution in [0.15, 0.2) is 22.5 Å². The third-order valence-electron chi connectivity index (χ3n) is 5.72. The molecule has 0 amide bonds. The Bertz CT molecular complexity index is 555. The van der Waals surface area contributed by atoms with Gasteiger partial charge in [-0.15, -0.1) is 35.3 Å². The molecular formula is C20H36IN5S. The van der Waals surface area contributed by atoms with Gasteiger partial charge in [-0.05, 0) is 69.5 Å². The summed E-state index contributed by atoms with van der Waals surface area (Å²) in [6.07, 6.45) is 4.98. The first kappa shape index (κ1) is 22.7. The number of guanidine groups is 1. The van der Waals surface area contributed by atoms with E-state index in [9.17, 15) is 0 Å². The van der Waals surface area contributed by atoms with E-state index in [1.807, 2.05) is 18.4 Å². The molecule has 2 aliphatic heterocycles. The molecule has 154 valence electrons. The lowest BCUT2D eigenvalue weighted by molar-refractivity contribution is 0.141. The summed E-state index contributed by atoms with van der Waals surface area (Å²) in [5.74, 6) is 1.70. The first-order chi connectivity index (χ1) is 12.7. The topological polar surface area (TPSA) is 42.9 Å². The minimum atomic E-state index is 0. The molecule has 27 heavy (non-hydrogen) atoms. The number of anilines is 1. The minimum absolute atomic E-state index is 0. The number of thiophene rings is 1. The lowest BCUT2D eigenvalue weighted by Crippen LogP contribution is -2.50. The zero-order valence-electron chi connectivity index (χ0n) is 17.0. The average Bonchev–Trinajstić information content (AvgIpc) is 3.20. The molecule has 5 nitrogen and oxygen atoms in total. The maximum absolute atomic E-state index is 4.46. The molecule has 0 aromatic carbocycles. The standard InChI is InChI=1S/C20H35N5S.HI/c1-16(2)25-10-4-6-17(15-25)14-22-20(21-3)23-18-8-11-24(12-9-18)19-7-5-13-26-19;/h5,7,13,16-18H,4,6,8-12,14-15H2,1-3H3,(H2,21,22,23);1H. The Labute approximate surface area is 186 Å². The molecule has 0 radical (unpaired) electrons. The summed E-state index contributed by atoms with van der Waals surface area (Å²) < 4.78 is 0. The van der Waals surface area contributed by atoms with E-state index in [4.69, 9.17) is 0 Å². The molecule has 1 aromatic heterocycles. The maximum atomic E-state index is 4.46. The molecule has 0 saturated carbocycles. The highest BCUT2D eigenvalue weighted by atomic mass is 127. The number of hydrogen-bond donors (Lipinski definition) is 2. The number of nitrogens with zero attached hydrogens (tertiary/aromatic N) is 3. The second-order valence-electron chi connectivity index (χ2n) is 7.91. The van der Waals surface area contributed by atoms with E-state index in [0.29, 0.717) is 12.1 Å². The molecule has 0 aliphatic carbocycles. The van der Waals surface area contributed by atoms with Crippen molar-refractivity contribution in [2.75, 3.05) is 44.7 Å². The summed E-state index contributed by atoms with van der Waals surface area (Å²) in [6, 6.07) is 5.55. The van der Waals surface area contributed by atoms with E-state index in [0.717, 1.165) is 31.5 Å². The SMILES string of the molecule is CN=C(NCC1CCCN(C(C)C)C1)NC1CCN(c2cccs2)CC1.I. The summed E-state index contributed by atoms with van der Waals surface area (Å²) in [7, 11) is 1.89. The summed E-state index contributed by atoms with van der Waals surface area (Å²) in [4.78, 5) is 9.56. The monoisotopic (exact) mass is 505 g/mol. The fourth-order valence-corrected chi connectivity index (χ4v) is 4.84. The molecule has 2 N–H and O–H groups in total. The van der Waals surface area contributed by atoms with Crippen LogP contribution in [0.1, 0.15) is 39.5 Å². The van der Waals surface area contributed by atoms with Gasteiger partial charge in [0.05, 0.1) is 5.00 Å². The van der Waals surface area contributed by atoms with Crippen LogP contribution in [0.4, 0.5) is 5.00 Å². The van der Waals surface area contributed by atoms with Crippen LogP contribution >= 0.6 is 35.3 Å². The Morgan fingerprint density at radius 1 is 1.26 bits per heavy atom. The summed E-state index contributed by atoms with van der Waals surface area (Å²) in [5, 5.41) is 10.8. The van der Waals surface area contributed by atoms with E-state index in [2.05, 4.69) is 56.8 Å². The van der Waals surface area contributed by atoms with Crippen LogP contribution in [-0.2, 0) is 0 Å². The van der Waals surface area contributed by atoms with Gasteiger partial charge in [0.15, 0.2) is 5.96 Å². The molecule has 1 atom stereocenters. The highest BCUT2D eigenvalue weighted by Gasteiger charge is 2.23. The number of halogens is 1. The van der Waals surface area contributed by atoms with Gasteiger partial charge in [-0.25, -0.2) is 0 Å². The number of hydrogen-bond acceptors (Lipinski definition) is 4. The smallest absolute Gasteiger partial charge is 0.191 e. The van der Waals surface area contributed by atoms with Crippen molar-refractivity contribution in [2.45, 2.75) is 51.6 Å². The van der Waals surface area contributed by atoms with Crippen molar-refractivity contribution in [1.82, 2.24) is 15.5 Å². The maximum Gasteiger partial charge on any atom is 0.191 e. The van der Waals surface area contributed by atoms with E-state index in [1.165, 1.54) is 43.8 Å². The molecule has 2 fully saturated rings. The normalized spacial score (nSPS) is 22.6. The molecule has 1 aromatic rings. The molecule has 7 heteroatoms. The molecule has 0 bridgehead atoms. The molecular weight excluding hydrogens is 469 g/mol. The first-order valence-corrected chi connectivity index (χ1v) is 11.0. The largest absolute Gasteiger partial charge is 0.363 e. The highest BCUT2D eigenvalue weighted by molar-refractivity contribution is 14.0. The predicted molar refractivity (Wildman–Crippen MR) is 129 cm³/mol. The number of likely N-dealkylation sites (tertiary alicyclic amines) is 1. The number of rotatable bonds is 5. The Hall–Kier alpha value is -0.540. The van der Waals surface area contributed by atoms with Gasteiger partial charge >= 0.3 is 0 Å². The average molecular weight is 506 g/mol. The lowest BCUT2D eigenvalue weighted by Gasteiger charge is -2.36. The Kier molecular flexibility index (Phi) is 9.65. The third kappa shape index (κ3) is 6.78. The predicted octanol–water partition coefficient (Wildman–Crippen LogP) is 3.62. The molecule has 0 spiro atoms. The summed E-state index contributed by atoms with van der Waals surface area (Å²) in [5.41, 5.74) is 0. The van der Waals surface area contributed by atoms with Crippen molar-refractivity contribution in [2.24, 2.45) is 10.9 Å².